The van der Waals surface area contributed by atoms with Crippen LogP contribution in [0.5, 0.6) is 0 Å². The minimum atomic E-state index is -0.204. The van der Waals surface area contributed by atoms with Crippen molar-refractivity contribution in [1.82, 2.24) is 15.5 Å². The maximum Gasteiger partial charge on any atom is 0.271 e. The number of nitrogens with two attached hydrogens (primary N) is 1. The van der Waals surface area contributed by atoms with Crippen LogP contribution in [0, 0.1) is 0 Å². The van der Waals surface area contributed by atoms with E-state index in [2.05, 4.69) is 27.8 Å². The van der Waals surface area contributed by atoms with Gasteiger partial charge in [-0.1, -0.05) is 6.92 Å². The predicted octanol–water partition coefficient (Wildman–Crippen LogP) is 0.766. The summed E-state index contributed by atoms with van der Waals surface area (Å²) in [5.74, 6) is 0.455. The van der Waals surface area contributed by atoms with Gasteiger partial charge in [0.05, 0.1) is 0 Å². The zero-order valence-electron chi connectivity index (χ0n) is 10.9. The molecule has 1 amide bonds. The van der Waals surface area contributed by atoms with Gasteiger partial charge in [0.15, 0.2) is 5.69 Å². The number of anilines is 1. The van der Waals surface area contributed by atoms with Crippen LogP contribution in [0.25, 0.3) is 0 Å². The Morgan fingerprint density at radius 2 is 2.17 bits per heavy atom. The minimum Gasteiger partial charge on any atom is -0.369 e. The fourth-order valence-electron chi connectivity index (χ4n) is 1.39. The van der Waals surface area contributed by atoms with E-state index < -0.39 is 0 Å². The molecule has 1 rings (SSSR count). The first-order valence-corrected chi connectivity index (χ1v) is 6.28. The predicted molar refractivity (Wildman–Crippen MR) is 71.4 cm³/mol. The van der Waals surface area contributed by atoms with Crippen LogP contribution in [-0.4, -0.2) is 35.2 Å². The summed E-state index contributed by atoms with van der Waals surface area (Å²) >= 11 is 0. The third-order valence-corrected chi connectivity index (χ3v) is 2.58. The summed E-state index contributed by atoms with van der Waals surface area (Å²) in [4.78, 5) is 11.4. The second-order valence-electron chi connectivity index (χ2n) is 4.05. The smallest absolute Gasteiger partial charge is 0.271 e. The standard InChI is InChI=1S/C12H21N5O/c1-3-9(13)7-8-15-11-6-5-10(16-17-11)12(18)14-4-2/h5-6,9H,3-4,7-8,13H2,1-2H3,(H,14,18)(H,15,17). The molecule has 0 bridgehead atoms. The van der Waals surface area contributed by atoms with Gasteiger partial charge in [-0.15, -0.1) is 10.2 Å². The molecule has 1 aromatic rings. The Hall–Kier alpha value is -1.69. The molecule has 4 N–H and O–H groups in total. The number of hydrogen-bond acceptors (Lipinski definition) is 5. The van der Waals surface area contributed by atoms with Crippen molar-refractivity contribution in [2.45, 2.75) is 32.7 Å². The molecule has 0 aliphatic rings. The summed E-state index contributed by atoms with van der Waals surface area (Å²) in [5.41, 5.74) is 6.13. The van der Waals surface area contributed by atoms with Crippen LogP contribution in [0.1, 0.15) is 37.2 Å². The second-order valence-corrected chi connectivity index (χ2v) is 4.05. The van der Waals surface area contributed by atoms with E-state index in [0.717, 1.165) is 19.4 Å². The van der Waals surface area contributed by atoms with Crippen LogP contribution in [0.2, 0.25) is 0 Å². The van der Waals surface area contributed by atoms with Gasteiger partial charge >= 0.3 is 0 Å². The van der Waals surface area contributed by atoms with Crippen molar-refractivity contribution in [3.05, 3.63) is 17.8 Å². The number of aromatic nitrogens is 2. The number of nitrogens with zero attached hydrogens (tertiary/aromatic N) is 2. The van der Waals surface area contributed by atoms with E-state index in [-0.39, 0.29) is 11.9 Å². The molecule has 0 aliphatic carbocycles. The zero-order valence-corrected chi connectivity index (χ0v) is 10.9. The molecule has 0 saturated heterocycles. The van der Waals surface area contributed by atoms with Crippen molar-refractivity contribution in [2.24, 2.45) is 5.73 Å². The largest absolute Gasteiger partial charge is 0.369 e. The van der Waals surface area contributed by atoms with Crippen LogP contribution >= 0.6 is 0 Å². The first-order chi connectivity index (χ1) is 8.67. The highest BCUT2D eigenvalue weighted by Crippen LogP contribution is 2.03. The Balaban J connectivity index is 2.43. The molecular formula is C12H21N5O. The Morgan fingerprint density at radius 1 is 1.39 bits per heavy atom. The van der Waals surface area contributed by atoms with E-state index in [0.29, 0.717) is 18.1 Å². The second kappa shape index (κ2) is 7.60. The van der Waals surface area contributed by atoms with Gasteiger partial charge in [0.1, 0.15) is 5.82 Å². The molecule has 0 aliphatic heterocycles. The molecule has 0 spiro atoms. The summed E-state index contributed by atoms with van der Waals surface area (Å²) < 4.78 is 0. The van der Waals surface area contributed by atoms with Crippen molar-refractivity contribution in [3.8, 4) is 0 Å². The van der Waals surface area contributed by atoms with Crippen molar-refractivity contribution in [1.29, 1.82) is 0 Å². The molecule has 0 aromatic carbocycles. The fourth-order valence-corrected chi connectivity index (χ4v) is 1.39. The number of hydrogen-bond donors (Lipinski definition) is 3. The van der Waals surface area contributed by atoms with Crippen molar-refractivity contribution < 1.29 is 4.79 Å². The quantitative estimate of drug-likeness (QED) is 0.665. The average molecular weight is 251 g/mol. The van der Waals surface area contributed by atoms with E-state index in [1.165, 1.54) is 0 Å². The van der Waals surface area contributed by atoms with Crippen molar-refractivity contribution in [3.63, 3.8) is 0 Å². The summed E-state index contributed by atoms with van der Waals surface area (Å²) in [6, 6.07) is 3.61. The lowest BCUT2D eigenvalue weighted by Crippen LogP contribution is -2.24. The SMILES string of the molecule is CCNC(=O)c1ccc(NCCC(N)CC)nn1. The lowest BCUT2D eigenvalue weighted by molar-refractivity contribution is 0.0950. The van der Waals surface area contributed by atoms with Gasteiger partial charge in [0.2, 0.25) is 0 Å². The molecule has 0 radical (unpaired) electrons. The van der Waals surface area contributed by atoms with Crippen LogP contribution in [-0.2, 0) is 0 Å². The molecule has 1 atom stereocenters. The van der Waals surface area contributed by atoms with Gasteiger partial charge in [-0.25, -0.2) is 0 Å². The van der Waals surface area contributed by atoms with Gasteiger partial charge in [0.25, 0.3) is 5.91 Å². The van der Waals surface area contributed by atoms with Crippen molar-refractivity contribution in [2.75, 3.05) is 18.4 Å². The van der Waals surface area contributed by atoms with E-state index in [1.807, 2.05) is 6.92 Å². The van der Waals surface area contributed by atoms with Crippen molar-refractivity contribution >= 4 is 11.7 Å². The average Bonchev–Trinajstić information content (AvgIpc) is 2.39. The van der Waals surface area contributed by atoms with E-state index in [1.54, 1.807) is 12.1 Å². The minimum absolute atomic E-state index is 0.204. The van der Waals surface area contributed by atoms with E-state index in [9.17, 15) is 4.79 Å². The highest BCUT2D eigenvalue weighted by molar-refractivity contribution is 5.92. The van der Waals surface area contributed by atoms with Crippen LogP contribution in [0.3, 0.4) is 0 Å². The lowest BCUT2D eigenvalue weighted by atomic mass is 10.2. The molecule has 0 fully saturated rings. The third kappa shape index (κ3) is 4.67. The Kier molecular flexibility index (Phi) is 6.07. The maximum atomic E-state index is 11.4. The number of carbonyl (C=O) groups excluding carboxylic acids is 1. The lowest BCUT2D eigenvalue weighted by Gasteiger charge is -2.09. The van der Waals surface area contributed by atoms with Gasteiger partial charge in [-0.05, 0) is 31.9 Å². The normalized spacial score (nSPS) is 11.9. The molecule has 1 heterocycles. The first-order valence-electron chi connectivity index (χ1n) is 6.28. The van der Waals surface area contributed by atoms with Crippen LogP contribution in [0.4, 0.5) is 5.82 Å². The number of amides is 1. The number of nitrogens with one attached hydrogen (secondary N) is 2. The van der Waals surface area contributed by atoms with Crippen LogP contribution in [0.15, 0.2) is 12.1 Å². The highest BCUT2D eigenvalue weighted by Gasteiger charge is 2.06. The summed E-state index contributed by atoms with van der Waals surface area (Å²) in [5, 5.41) is 13.6. The zero-order chi connectivity index (χ0) is 13.4. The molecule has 1 aromatic heterocycles. The van der Waals surface area contributed by atoms with Gasteiger partial charge in [-0.2, -0.15) is 0 Å². The van der Waals surface area contributed by atoms with Gasteiger partial charge < -0.3 is 16.4 Å². The Labute approximate surface area is 107 Å². The van der Waals surface area contributed by atoms with E-state index >= 15 is 0 Å². The molecular weight excluding hydrogens is 230 g/mol. The maximum absolute atomic E-state index is 11.4. The van der Waals surface area contributed by atoms with Crippen LogP contribution < -0.4 is 16.4 Å². The Morgan fingerprint density at radius 3 is 2.72 bits per heavy atom. The molecule has 1 unspecified atom stereocenters. The number of carbonyl (C=O) groups is 1. The molecule has 18 heavy (non-hydrogen) atoms. The van der Waals surface area contributed by atoms with E-state index in [4.69, 9.17) is 5.73 Å². The summed E-state index contributed by atoms with van der Waals surface area (Å²) in [7, 11) is 0. The van der Waals surface area contributed by atoms with Gasteiger partial charge in [-0.3, -0.25) is 4.79 Å². The first kappa shape index (κ1) is 14.4. The summed E-state index contributed by atoms with van der Waals surface area (Å²) in [6.07, 6.45) is 1.85. The molecule has 6 heteroatoms. The highest BCUT2D eigenvalue weighted by atomic mass is 16.1. The van der Waals surface area contributed by atoms with Gasteiger partial charge in [0, 0.05) is 19.1 Å². The molecule has 6 nitrogen and oxygen atoms in total. The molecule has 0 saturated carbocycles. The summed E-state index contributed by atoms with van der Waals surface area (Å²) in [6.45, 7) is 5.25. The fraction of sp³-hybridized carbons (Fsp3) is 0.583. The number of rotatable bonds is 7. The monoisotopic (exact) mass is 251 g/mol. The molecule has 100 valence electrons. The topological polar surface area (TPSA) is 92.9 Å². The third-order valence-electron chi connectivity index (χ3n) is 2.58. The Bertz CT molecular complexity index is 365.